The summed E-state index contributed by atoms with van der Waals surface area (Å²) in [5, 5.41) is 19.2. The number of allylic oxidation sites excluding steroid dienone is 3. The minimum atomic E-state index is -0.781. The number of ketones is 1. The molecule has 0 radical (unpaired) electrons. The fraction of sp³-hybridized carbons (Fsp3) is 0.600. The average Bonchev–Trinajstić information content (AvgIpc) is 2.84. The van der Waals surface area contributed by atoms with Crippen molar-refractivity contribution in [2.24, 2.45) is 10.9 Å². The molecule has 1 aliphatic carbocycles. The lowest BCUT2D eigenvalue weighted by Gasteiger charge is -2.24. The first-order valence-corrected chi connectivity index (χ1v) is 6.97. The second-order valence-corrected chi connectivity index (χ2v) is 5.13. The van der Waals surface area contributed by atoms with E-state index in [0.29, 0.717) is 12.8 Å². The van der Waals surface area contributed by atoms with Crippen LogP contribution >= 0.6 is 0 Å². The molecule has 0 aromatic heterocycles. The number of aliphatic imine (C=N–C) groups is 1. The molecule has 0 bridgehead atoms. The molecule has 2 N–H and O–H groups in total. The van der Waals surface area contributed by atoms with E-state index in [0.717, 1.165) is 36.1 Å². The topological polar surface area (TPSA) is 69.9 Å². The number of aliphatic hydroxyl groups is 2. The van der Waals surface area contributed by atoms with Gasteiger partial charge in [-0.15, -0.1) is 0 Å². The minimum Gasteiger partial charge on any atom is -0.394 e. The van der Waals surface area contributed by atoms with Gasteiger partial charge in [-0.3, -0.25) is 9.79 Å². The van der Waals surface area contributed by atoms with E-state index in [1.807, 2.05) is 6.08 Å². The molecule has 2 rings (SSSR count). The molecule has 0 saturated heterocycles. The molecular formula is C15H21NO3. The molecule has 0 aromatic rings. The summed E-state index contributed by atoms with van der Waals surface area (Å²) in [5.41, 5.74) is 2.45. The lowest BCUT2D eigenvalue weighted by molar-refractivity contribution is -0.114. The molecule has 4 nitrogen and oxygen atoms in total. The normalized spacial score (nSPS) is 21.4. The van der Waals surface area contributed by atoms with Gasteiger partial charge in [0.2, 0.25) is 0 Å². The van der Waals surface area contributed by atoms with E-state index in [2.05, 4.69) is 11.9 Å². The van der Waals surface area contributed by atoms with Gasteiger partial charge in [0.15, 0.2) is 5.78 Å². The molecule has 0 aromatic carbocycles. The van der Waals surface area contributed by atoms with Crippen LogP contribution in [0.4, 0.5) is 0 Å². The van der Waals surface area contributed by atoms with Crippen LogP contribution in [0.2, 0.25) is 0 Å². The molecule has 0 amide bonds. The van der Waals surface area contributed by atoms with Gasteiger partial charge >= 0.3 is 0 Å². The number of unbranched alkanes of at least 4 members (excludes halogenated alkanes) is 1. The quantitative estimate of drug-likeness (QED) is 0.767. The Balaban J connectivity index is 2.23. The van der Waals surface area contributed by atoms with Gasteiger partial charge in [0.25, 0.3) is 0 Å². The van der Waals surface area contributed by atoms with Crippen LogP contribution < -0.4 is 0 Å². The molecule has 1 aliphatic heterocycles. The molecule has 104 valence electrons. The van der Waals surface area contributed by atoms with Gasteiger partial charge < -0.3 is 10.2 Å². The highest BCUT2D eigenvalue weighted by molar-refractivity contribution is 6.07. The van der Waals surface area contributed by atoms with E-state index >= 15 is 0 Å². The molecule has 0 fully saturated rings. The maximum atomic E-state index is 11.8. The summed E-state index contributed by atoms with van der Waals surface area (Å²) in [5.74, 6) is 0.00415. The van der Waals surface area contributed by atoms with Crippen molar-refractivity contribution in [2.75, 3.05) is 6.61 Å². The standard InChI is InChI=1S/C15H21NO3/c1-2-3-4-10(14(19)9-17)11-5-6-12-13(18)7-8-16-15(11)12/h5,8,10,14,17,19H,2-4,6-7,9H2,1H3. The van der Waals surface area contributed by atoms with Crippen molar-refractivity contribution in [3.63, 3.8) is 0 Å². The van der Waals surface area contributed by atoms with E-state index in [1.165, 1.54) is 0 Å². The van der Waals surface area contributed by atoms with Gasteiger partial charge in [0.1, 0.15) is 0 Å². The lowest BCUT2D eigenvalue weighted by Crippen LogP contribution is -2.26. The van der Waals surface area contributed by atoms with E-state index in [9.17, 15) is 15.0 Å². The van der Waals surface area contributed by atoms with E-state index < -0.39 is 6.10 Å². The summed E-state index contributed by atoms with van der Waals surface area (Å²) in [6, 6.07) is 0. The first kappa shape index (κ1) is 14.2. The molecule has 2 atom stereocenters. The number of aliphatic hydroxyl groups excluding tert-OH is 2. The highest BCUT2D eigenvalue weighted by atomic mass is 16.3. The molecule has 2 aliphatic rings. The maximum absolute atomic E-state index is 11.8. The number of hydrogen-bond acceptors (Lipinski definition) is 4. The summed E-state index contributed by atoms with van der Waals surface area (Å²) >= 11 is 0. The number of rotatable bonds is 6. The molecule has 1 heterocycles. The number of hydrogen-bond donors (Lipinski definition) is 2. The van der Waals surface area contributed by atoms with Crippen molar-refractivity contribution < 1.29 is 15.0 Å². The monoisotopic (exact) mass is 263 g/mol. The Kier molecular flexibility index (Phi) is 4.66. The molecule has 2 unspecified atom stereocenters. The molecule has 19 heavy (non-hydrogen) atoms. The van der Waals surface area contributed by atoms with Crippen LogP contribution in [-0.4, -0.2) is 34.9 Å². The SMILES string of the molecule is CCCCC(C1=CCC2=C1N=CCC2=O)C(O)CO. The third-order valence-corrected chi connectivity index (χ3v) is 3.84. The number of nitrogens with zero attached hydrogens (tertiary/aromatic N) is 1. The highest BCUT2D eigenvalue weighted by Crippen LogP contribution is 2.38. The average molecular weight is 263 g/mol. The number of Topliss-reactive ketones (excluding diaryl/α,β-unsaturated/α-hetero) is 1. The van der Waals surface area contributed by atoms with Crippen molar-refractivity contribution in [3.05, 3.63) is 22.9 Å². The summed E-state index contributed by atoms with van der Waals surface area (Å²) < 4.78 is 0. The van der Waals surface area contributed by atoms with Crippen molar-refractivity contribution >= 4 is 12.0 Å². The number of carbonyl (C=O) groups excluding carboxylic acids is 1. The fourth-order valence-electron chi connectivity index (χ4n) is 2.75. The molecule has 4 heteroatoms. The zero-order chi connectivity index (χ0) is 13.8. The Labute approximate surface area is 113 Å². The second kappa shape index (κ2) is 6.26. The van der Waals surface area contributed by atoms with Gasteiger partial charge in [-0.1, -0.05) is 25.8 Å². The van der Waals surface area contributed by atoms with Crippen molar-refractivity contribution in [2.45, 2.75) is 45.1 Å². The smallest absolute Gasteiger partial charge is 0.166 e. The third kappa shape index (κ3) is 2.85. The van der Waals surface area contributed by atoms with Crippen molar-refractivity contribution in [3.8, 4) is 0 Å². The van der Waals surface area contributed by atoms with Gasteiger partial charge in [-0.05, 0) is 18.4 Å². The van der Waals surface area contributed by atoms with Crippen molar-refractivity contribution in [1.29, 1.82) is 0 Å². The zero-order valence-electron chi connectivity index (χ0n) is 11.3. The Morgan fingerprint density at radius 3 is 2.89 bits per heavy atom. The molecule has 0 spiro atoms. The predicted molar refractivity (Wildman–Crippen MR) is 73.9 cm³/mol. The van der Waals surface area contributed by atoms with Crippen LogP contribution in [0.25, 0.3) is 0 Å². The first-order valence-electron chi connectivity index (χ1n) is 6.97. The Morgan fingerprint density at radius 2 is 2.21 bits per heavy atom. The minimum absolute atomic E-state index is 0.125. The van der Waals surface area contributed by atoms with E-state index in [1.54, 1.807) is 6.21 Å². The van der Waals surface area contributed by atoms with Crippen LogP contribution in [0.1, 0.15) is 39.0 Å². The first-order chi connectivity index (χ1) is 9.19. The van der Waals surface area contributed by atoms with Crippen LogP contribution in [0.5, 0.6) is 0 Å². The fourth-order valence-corrected chi connectivity index (χ4v) is 2.75. The van der Waals surface area contributed by atoms with E-state index in [-0.39, 0.29) is 18.3 Å². The van der Waals surface area contributed by atoms with Gasteiger partial charge in [0.05, 0.1) is 18.4 Å². The van der Waals surface area contributed by atoms with Crippen LogP contribution in [-0.2, 0) is 4.79 Å². The summed E-state index contributed by atoms with van der Waals surface area (Å²) in [6.07, 6.45) is 6.67. The number of carbonyl (C=O) groups is 1. The van der Waals surface area contributed by atoms with E-state index in [4.69, 9.17) is 0 Å². The Bertz CT molecular complexity index is 448. The second-order valence-electron chi connectivity index (χ2n) is 5.13. The largest absolute Gasteiger partial charge is 0.394 e. The predicted octanol–water partition coefficient (Wildman–Crippen LogP) is 1.77. The van der Waals surface area contributed by atoms with Gasteiger partial charge in [0, 0.05) is 24.1 Å². The van der Waals surface area contributed by atoms with Gasteiger partial charge in [-0.2, -0.15) is 0 Å². The lowest BCUT2D eigenvalue weighted by atomic mass is 9.87. The summed E-state index contributed by atoms with van der Waals surface area (Å²) in [7, 11) is 0. The van der Waals surface area contributed by atoms with Crippen LogP contribution in [0.3, 0.4) is 0 Å². The van der Waals surface area contributed by atoms with Crippen LogP contribution in [0.15, 0.2) is 27.9 Å². The molecule has 0 saturated carbocycles. The maximum Gasteiger partial charge on any atom is 0.166 e. The van der Waals surface area contributed by atoms with Crippen molar-refractivity contribution in [1.82, 2.24) is 0 Å². The highest BCUT2D eigenvalue weighted by Gasteiger charge is 2.32. The molecular weight excluding hydrogens is 242 g/mol. The summed E-state index contributed by atoms with van der Waals surface area (Å²) in [4.78, 5) is 16.1. The van der Waals surface area contributed by atoms with Crippen LogP contribution in [0, 0.1) is 5.92 Å². The zero-order valence-corrected chi connectivity index (χ0v) is 11.3. The van der Waals surface area contributed by atoms with Gasteiger partial charge in [-0.25, -0.2) is 0 Å². The third-order valence-electron chi connectivity index (χ3n) is 3.84. The summed E-state index contributed by atoms with van der Waals surface area (Å²) in [6.45, 7) is 1.84. The Hall–Kier alpha value is -1.26. The Morgan fingerprint density at radius 1 is 1.42 bits per heavy atom.